The van der Waals surface area contributed by atoms with Crippen LogP contribution in [0.25, 0.3) is 0 Å². The Morgan fingerprint density at radius 2 is 1.81 bits per heavy atom. The van der Waals surface area contributed by atoms with Crippen LogP contribution in [-0.4, -0.2) is 75.1 Å². The average Bonchev–Trinajstić information content (AvgIpc) is 2.67. The second-order valence-corrected chi connectivity index (χ2v) is 7.74. The Labute approximate surface area is 157 Å². The van der Waals surface area contributed by atoms with Crippen molar-refractivity contribution in [2.24, 2.45) is 5.92 Å². The Bertz CT molecular complexity index is 576. The number of carbonyl (C=O) groups is 1. The van der Waals surface area contributed by atoms with Crippen molar-refractivity contribution in [1.29, 1.82) is 0 Å². The van der Waals surface area contributed by atoms with E-state index in [1.54, 1.807) is 14.0 Å². The lowest BCUT2D eigenvalue weighted by Crippen LogP contribution is -2.47. The largest absolute Gasteiger partial charge is 0.497 e. The first-order valence-corrected chi connectivity index (χ1v) is 9.97. The van der Waals surface area contributed by atoms with Gasteiger partial charge in [-0.1, -0.05) is 6.07 Å². The number of ketones is 1. The normalized spacial score (nSPS) is 20.3. The lowest BCUT2D eigenvalue weighted by molar-refractivity contribution is -0.118. The molecular formula is C21H33N3O2. The minimum Gasteiger partial charge on any atom is -0.497 e. The summed E-state index contributed by atoms with van der Waals surface area (Å²) in [5.41, 5.74) is 1.27. The molecule has 0 unspecified atom stereocenters. The molecule has 2 aliphatic heterocycles. The topological polar surface area (TPSA) is 36.0 Å². The molecule has 0 spiro atoms. The summed E-state index contributed by atoms with van der Waals surface area (Å²) in [5, 5.41) is 0. The molecule has 0 radical (unpaired) electrons. The monoisotopic (exact) mass is 359 g/mol. The number of ether oxygens (including phenoxy) is 1. The number of benzene rings is 1. The third kappa shape index (κ3) is 5.45. The van der Waals surface area contributed by atoms with Crippen LogP contribution in [0.1, 0.15) is 26.2 Å². The van der Waals surface area contributed by atoms with Gasteiger partial charge in [0.15, 0.2) is 0 Å². The standard InChI is InChI=1S/C21H33N3O2/c1-18(25)17-23-10-7-19(8-11-23)6-9-22-12-14-24(15-13-22)20-4-3-5-21(16-20)26-2/h3-5,16,19H,6-15,17H2,1-2H3. The van der Waals surface area contributed by atoms with Crippen molar-refractivity contribution >= 4 is 11.5 Å². The van der Waals surface area contributed by atoms with Crippen LogP contribution >= 0.6 is 0 Å². The molecule has 3 rings (SSSR count). The van der Waals surface area contributed by atoms with Gasteiger partial charge in [-0.2, -0.15) is 0 Å². The second-order valence-electron chi connectivity index (χ2n) is 7.74. The fourth-order valence-corrected chi connectivity index (χ4v) is 4.15. The summed E-state index contributed by atoms with van der Waals surface area (Å²) >= 11 is 0. The molecule has 0 atom stereocenters. The van der Waals surface area contributed by atoms with E-state index in [1.807, 2.05) is 6.07 Å². The van der Waals surface area contributed by atoms with Crippen LogP contribution in [0.15, 0.2) is 24.3 Å². The Kier molecular flexibility index (Phi) is 6.92. The van der Waals surface area contributed by atoms with E-state index in [0.29, 0.717) is 6.54 Å². The number of methoxy groups -OCH3 is 1. The zero-order chi connectivity index (χ0) is 18.4. The second kappa shape index (κ2) is 9.38. The number of rotatable bonds is 7. The zero-order valence-corrected chi connectivity index (χ0v) is 16.3. The maximum atomic E-state index is 11.2. The molecule has 5 heteroatoms. The van der Waals surface area contributed by atoms with Gasteiger partial charge in [-0.3, -0.25) is 14.6 Å². The van der Waals surface area contributed by atoms with Gasteiger partial charge in [-0.25, -0.2) is 0 Å². The molecule has 0 aliphatic carbocycles. The molecule has 5 nitrogen and oxygen atoms in total. The Morgan fingerprint density at radius 3 is 2.46 bits per heavy atom. The molecule has 0 aromatic heterocycles. The van der Waals surface area contributed by atoms with Crippen LogP contribution < -0.4 is 9.64 Å². The summed E-state index contributed by atoms with van der Waals surface area (Å²) in [4.78, 5) is 18.6. The summed E-state index contributed by atoms with van der Waals surface area (Å²) in [7, 11) is 1.72. The molecule has 1 aromatic carbocycles. The molecule has 0 N–H and O–H groups in total. The van der Waals surface area contributed by atoms with Crippen molar-refractivity contribution in [2.75, 3.05) is 64.4 Å². The van der Waals surface area contributed by atoms with Gasteiger partial charge in [-0.15, -0.1) is 0 Å². The maximum absolute atomic E-state index is 11.2. The Hall–Kier alpha value is -1.59. The van der Waals surface area contributed by atoms with E-state index in [9.17, 15) is 4.79 Å². The third-order valence-corrected chi connectivity index (χ3v) is 5.80. The molecule has 144 valence electrons. The molecule has 0 saturated carbocycles. The van der Waals surface area contributed by atoms with Crippen molar-refractivity contribution in [2.45, 2.75) is 26.2 Å². The van der Waals surface area contributed by atoms with Gasteiger partial charge in [0.05, 0.1) is 13.7 Å². The number of anilines is 1. The van der Waals surface area contributed by atoms with Gasteiger partial charge in [0, 0.05) is 37.9 Å². The van der Waals surface area contributed by atoms with Crippen LogP contribution in [0.4, 0.5) is 5.69 Å². The fourth-order valence-electron chi connectivity index (χ4n) is 4.15. The predicted molar refractivity (Wildman–Crippen MR) is 106 cm³/mol. The van der Waals surface area contributed by atoms with Gasteiger partial charge in [0.2, 0.25) is 0 Å². The highest BCUT2D eigenvalue weighted by molar-refractivity contribution is 5.77. The van der Waals surface area contributed by atoms with Crippen LogP contribution in [0.2, 0.25) is 0 Å². The molecule has 0 bridgehead atoms. The first kappa shape index (κ1) is 19.2. The minimum atomic E-state index is 0.289. The lowest BCUT2D eigenvalue weighted by Gasteiger charge is -2.37. The highest BCUT2D eigenvalue weighted by Crippen LogP contribution is 2.23. The minimum absolute atomic E-state index is 0.289. The number of nitrogens with zero attached hydrogens (tertiary/aromatic N) is 3. The van der Waals surface area contributed by atoms with Crippen molar-refractivity contribution < 1.29 is 9.53 Å². The smallest absolute Gasteiger partial charge is 0.143 e. The summed E-state index contributed by atoms with van der Waals surface area (Å²) in [6, 6.07) is 8.37. The van der Waals surface area contributed by atoms with E-state index < -0.39 is 0 Å². The van der Waals surface area contributed by atoms with E-state index in [-0.39, 0.29) is 5.78 Å². The molecule has 1 aromatic rings. The van der Waals surface area contributed by atoms with Crippen LogP contribution in [0, 0.1) is 5.92 Å². The van der Waals surface area contributed by atoms with E-state index in [0.717, 1.165) is 50.9 Å². The van der Waals surface area contributed by atoms with E-state index >= 15 is 0 Å². The maximum Gasteiger partial charge on any atom is 0.143 e. The number of piperazine rings is 1. The lowest BCUT2D eigenvalue weighted by atomic mass is 9.93. The third-order valence-electron chi connectivity index (χ3n) is 5.80. The van der Waals surface area contributed by atoms with E-state index in [2.05, 4.69) is 32.9 Å². The Morgan fingerprint density at radius 1 is 1.08 bits per heavy atom. The molecule has 2 heterocycles. The predicted octanol–water partition coefficient (Wildman–Crippen LogP) is 2.51. The molecule has 2 saturated heterocycles. The van der Waals surface area contributed by atoms with E-state index in [4.69, 9.17) is 4.74 Å². The van der Waals surface area contributed by atoms with Gasteiger partial charge in [-0.05, 0) is 63.9 Å². The number of likely N-dealkylation sites (tertiary alicyclic amines) is 1. The van der Waals surface area contributed by atoms with Crippen LogP contribution in [0.3, 0.4) is 0 Å². The van der Waals surface area contributed by atoms with Crippen LogP contribution in [0.5, 0.6) is 5.75 Å². The quantitative estimate of drug-likeness (QED) is 0.748. The van der Waals surface area contributed by atoms with Crippen molar-refractivity contribution in [1.82, 2.24) is 9.80 Å². The average molecular weight is 360 g/mol. The van der Waals surface area contributed by atoms with Crippen LogP contribution in [-0.2, 0) is 4.79 Å². The molecule has 2 fully saturated rings. The highest BCUT2D eigenvalue weighted by atomic mass is 16.5. The van der Waals surface area contributed by atoms with Crippen molar-refractivity contribution in [3.8, 4) is 5.75 Å². The number of carbonyl (C=O) groups excluding carboxylic acids is 1. The van der Waals surface area contributed by atoms with Gasteiger partial charge in [0.1, 0.15) is 11.5 Å². The summed E-state index contributed by atoms with van der Waals surface area (Å²) in [6.45, 7) is 10.2. The first-order chi connectivity index (χ1) is 12.6. The summed E-state index contributed by atoms with van der Waals surface area (Å²) in [6.07, 6.45) is 3.79. The number of hydrogen-bond acceptors (Lipinski definition) is 5. The van der Waals surface area contributed by atoms with Gasteiger partial charge < -0.3 is 9.64 Å². The molecule has 0 amide bonds. The first-order valence-electron chi connectivity index (χ1n) is 9.97. The van der Waals surface area contributed by atoms with E-state index in [1.165, 1.54) is 31.5 Å². The zero-order valence-electron chi connectivity index (χ0n) is 16.3. The number of hydrogen-bond donors (Lipinski definition) is 0. The SMILES string of the molecule is COc1cccc(N2CCN(CCC3CCN(CC(C)=O)CC3)CC2)c1. The number of piperidine rings is 1. The van der Waals surface area contributed by atoms with Crippen molar-refractivity contribution in [3.05, 3.63) is 24.3 Å². The fraction of sp³-hybridized carbons (Fsp3) is 0.667. The molecular weight excluding hydrogens is 326 g/mol. The van der Waals surface area contributed by atoms with Gasteiger partial charge >= 0.3 is 0 Å². The number of Topliss-reactive ketones (excluding diaryl/α,β-unsaturated/α-hetero) is 1. The molecule has 2 aliphatic rings. The summed E-state index contributed by atoms with van der Waals surface area (Å²) in [5.74, 6) is 2.05. The molecule has 26 heavy (non-hydrogen) atoms. The summed E-state index contributed by atoms with van der Waals surface area (Å²) < 4.78 is 5.34. The van der Waals surface area contributed by atoms with Gasteiger partial charge in [0.25, 0.3) is 0 Å². The van der Waals surface area contributed by atoms with Crippen molar-refractivity contribution in [3.63, 3.8) is 0 Å². The Balaban J connectivity index is 1.36. The highest BCUT2D eigenvalue weighted by Gasteiger charge is 2.22.